The number of esters is 1. The third-order valence-electron chi connectivity index (χ3n) is 7.16. The average molecular weight is 770 g/mol. The van der Waals surface area contributed by atoms with Crippen molar-refractivity contribution in [3.8, 4) is 17.2 Å². The van der Waals surface area contributed by atoms with Gasteiger partial charge in [0, 0.05) is 12.1 Å². The van der Waals surface area contributed by atoms with Gasteiger partial charge in [-0.2, -0.15) is 0 Å². The van der Waals surface area contributed by atoms with Gasteiger partial charge in [-0.1, -0.05) is 23.5 Å². The summed E-state index contributed by atoms with van der Waals surface area (Å²) >= 11 is 3.37. The standard InChI is InChI=1S/C34H32IN3O8S/c1-6-44-33(40)29-20(4)36-34-37(30(29)23-9-13-25(14-10-23)46-19(2)3)32(39)28(47-34)17-22-15-26(35)31(27(16-22)43-5)45-18-21-7-11-24(12-8-21)38(41)42/h7-17,19,30H,6,18H2,1-5H3/b28-17-/t30-/m0/s1. The Morgan fingerprint density at radius 2 is 1.85 bits per heavy atom. The second-order valence-electron chi connectivity index (χ2n) is 10.8. The highest BCUT2D eigenvalue weighted by molar-refractivity contribution is 14.1. The second-order valence-corrected chi connectivity index (χ2v) is 13.0. The summed E-state index contributed by atoms with van der Waals surface area (Å²) in [6, 6.07) is 16.4. The molecule has 2 heterocycles. The lowest BCUT2D eigenvalue weighted by atomic mass is 9.96. The van der Waals surface area contributed by atoms with Gasteiger partial charge in [0.1, 0.15) is 12.4 Å². The molecule has 0 N–H and O–H groups in total. The summed E-state index contributed by atoms with van der Waals surface area (Å²) in [5.74, 6) is 1.11. The van der Waals surface area contributed by atoms with Gasteiger partial charge in [-0.25, -0.2) is 9.79 Å². The fraction of sp³-hybridized carbons (Fsp3) is 0.265. The number of nitro benzene ring substituents is 1. The molecule has 1 aliphatic rings. The summed E-state index contributed by atoms with van der Waals surface area (Å²) in [6.07, 6.45) is 1.75. The Kier molecular flexibility index (Phi) is 10.4. The van der Waals surface area contributed by atoms with Gasteiger partial charge in [0.15, 0.2) is 16.3 Å². The van der Waals surface area contributed by atoms with Gasteiger partial charge in [-0.05, 0) is 109 Å². The highest BCUT2D eigenvalue weighted by atomic mass is 127. The topological polar surface area (TPSA) is 131 Å². The molecule has 0 aliphatic carbocycles. The lowest BCUT2D eigenvalue weighted by Crippen LogP contribution is -2.39. The molecule has 1 atom stereocenters. The zero-order valence-corrected chi connectivity index (χ0v) is 29.3. The maximum atomic E-state index is 14.1. The molecule has 4 aromatic rings. The van der Waals surface area contributed by atoms with Crippen LogP contribution in [0.15, 0.2) is 81.7 Å². The predicted molar refractivity (Wildman–Crippen MR) is 186 cm³/mol. The van der Waals surface area contributed by atoms with Gasteiger partial charge in [0.2, 0.25) is 0 Å². The van der Waals surface area contributed by atoms with Crippen LogP contribution >= 0.6 is 33.9 Å². The molecule has 5 rings (SSSR count). The summed E-state index contributed by atoms with van der Waals surface area (Å²) in [5, 5.41) is 11.0. The van der Waals surface area contributed by atoms with E-state index in [0.717, 1.165) is 14.7 Å². The number of hydrogen-bond donors (Lipinski definition) is 0. The van der Waals surface area contributed by atoms with Crippen LogP contribution in [0.3, 0.4) is 0 Å². The van der Waals surface area contributed by atoms with Crippen molar-refractivity contribution >= 4 is 51.7 Å². The van der Waals surface area contributed by atoms with E-state index < -0.39 is 16.9 Å². The van der Waals surface area contributed by atoms with Crippen LogP contribution in [0.2, 0.25) is 0 Å². The highest BCUT2D eigenvalue weighted by Gasteiger charge is 2.33. The van der Waals surface area contributed by atoms with E-state index in [2.05, 4.69) is 27.6 Å². The van der Waals surface area contributed by atoms with Crippen molar-refractivity contribution in [2.75, 3.05) is 13.7 Å². The van der Waals surface area contributed by atoms with Crippen molar-refractivity contribution in [2.24, 2.45) is 4.99 Å². The number of nitro groups is 1. The van der Waals surface area contributed by atoms with E-state index in [1.165, 1.54) is 35.1 Å². The fourth-order valence-corrected chi connectivity index (χ4v) is 6.92. The number of hydrogen-bond acceptors (Lipinski definition) is 10. The molecular weight excluding hydrogens is 737 g/mol. The van der Waals surface area contributed by atoms with Crippen LogP contribution in [0.4, 0.5) is 5.69 Å². The molecule has 0 unspecified atom stereocenters. The van der Waals surface area contributed by atoms with Crippen LogP contribution < -0.4 is 29.1 Å². The Morgan fingerprint density at radius 1 is 1.15 bits per heavy atom. The molecule has 244 valence electrons. The van der Waals surface area contributed by atoms with E-state index in [9.17, 15) is 19.7 Å². The van der Waals surface area contributed by atoms with Gasteiger partial charge in [0.25, 0.3) is 11.2 Å². The molecule has 0 spiro atoms. The molecule has 0 amide bonds. The average Bonchev–Trinajstić information content (AvgIpc) is 3.33. The first-order valence-corrected chi connectivity index (χ1v) is 16.6. The number of aromatic nitrogens is 1. The highest BCUT2D eigenvalue weighted by Crippen LogP contribution is 2.35. The molecule has 0 saturated carbocycles. The van der Waals surface area contributed by atoms with Crippen LogP contribution in [0.25, 0.3) is 6.08 Å². The number of non-ortho nitro benzene ring substituents is 1. The number of fused-ring (bicyclic) bond motifs is 1. The van der Waals surface area contributed by atoms with Crippen LogP contribution in [0.1, 0.15) is 50.4 Å². The zero-order valence-electron chi connectivity index (χ0n) is 26.3. The Hall–Kier alpha value is -4.50. The third kappa shape index (κ3) is 7.41. The maximum absolute atomic E-state index is 14.1. The van der Waals surface area contributed by atoms with E-state index in [4.69, 9.17) is 18.9 Å². The normalized spacial score (nSPS) is 14.4. The minimum atomic E-state index is -0.745. The minimum Gasteiger partial charge on any atom is -0.493 e. The smallest absolute Gasteiger partial charge is 0.338 e. The molecule has 1 aliphatic heterocycles. The van der Waals surface area contributed by atoms with Crippen molar-refractivity contribution < 1.29 is 28.7 Å². The lowest BCUT2D eigenvalue weighted by molar-refractivity contribution is -0.384. The number of rotatable bonds is 11. The second kappa shape index (κ2) is 14.5. The predicted octanol–water partition coefficient (Wildman–Crippen LogP) is 5.69. The van der Waals surface area contributed by atoms with E-state index in [1.807, 2.05) is 44.2 Å². The number of allylic oxidation sites excluding steroid dienone is 1. The van der Waals surface area contributed by atoms with E-state index in [0.29, 0.717) is 43.4 Å². The summed E-state index contributed by atoms with van der Waals surface area (Å²) in [7, 11) is 1.53. The number of carbonyl (C=O) groups excluding carboxylic acids is 1. The first kappa shape index (κ1) is 33.9. The number of nitrogens with zero attached hydrogens (tertiary/aromatic N) is 3. The molecule has 0 bridgehead atoms. The molecule has 47 heavy (non-hydrogen) atoms. The van der Waals surface area contributed by atoms with Crippen molar-refractivity contribution in [1.82, 2.24) is 4.57 Å². The minimum absolute atomic E-state index is 0.00304. The number of ether oxygens (including phenoxy) is 4. The Bertz CT molecular complexity index is 2030. The Labute approximate surface area is 288 Å². The zero-order chi connectivity index (χ0) is 33.8. The lowest BCUT2D eigenvalue weighted by Gasteiger charge is -2.25. The van der Waals surface area contributed by atoms with Crippen molar-refractivity contribution in [3.05, 3.63) is 122 Å². The van der Waals surface area contributed by atoms with E-state index in [1.54, 1.807) is 38.1 Å². The van der Waals surface area contributed by atoms with E-state index >= 15 is 0 Å². The van der Waals surface area contributed by atoms with Gasteiger partial charge in [-0.3, -0.25) is 19.5 Å². The van der Waals surface area contributed by atoms with Gasteiger partial charge >= 0.3 is 5.97 Å². The molecule has 0 fully saturated rings. The molecule has 0 saturated heterocycles. The molecular formula is C34H32IN3O8S. The number of carbonyl (C=O) groups is 1. The van der Waals surface area contributed by atoms with Gasteiger partial charge in [0.05, 0.1) is 50.2 Å². The van der Waals surface area contributed by atoms with Crippen molar-refractivity contribution in [1.29, 1.82) is 0 Å². The van der Waals surface area contributed by atoms with Crippen LogP contribution in [0.5, 0.6) is 17.2 Å². The maximum Gasteiger partial charge on any atom is 0.338 e. The summed E-state index contributed by atoms with van der Waals surface area (Å²) in [5.41, 5.74) is 2.66. The number of halogens is 1. The number of methoxy groups -OCH3 is 1. The Balaban J connectivity index is 1.53. The molecule has 3 aromatic carbocycles. The first-order chi connectivity index (χ1) is 22.5. The van der Waals surface area contributed by atoms with Crippen LogP contribution in [-0.2, 0) is 16.1 Å². The molecule has 0 radical (unpaired) electrons. The SMILES string of the molecule is CCOC(=O)C1=C(C)N=c2s/c(=C\c3cc(I)c(OCc4ccc([N+](=O)[O-])cc4)c(OC)c3)c(=O)n2[C@H]1c1ccc(OC(C)C)cc1. The van der Waals surface area contributed by atoms with Crippen molar-refractivity contribution in [2.45, 2.75) is 46.4 Å². The van der Waals surface area contributed by atoms with Gasteiger partial charge in [-0.15, -0.1) is 0 Å². The third-order valence-corrected chi connectivity index (χ3v) is 8.95. The summed E-state index contributed by atoms with van der Waals surface area (Å²) in [4.78, 5) is 42.9. The van der Waals surface area contributed by atoms with Crippen LogP contribution in [-0.4, -0.2) is 35.3 Å². The van der Waals surface area contributed by atoms with Gasteiger partial charge < -0.3 is 18.9 Å². The monoisotopic (exact) mass is 769 g/mol. The van der Waals surface area contributed by atoms with Crippen LogP contribution in [0, 0.1) is 13.7 Å². The Morgan fingerprint density at radius 3 is 2.47 bits per heavy atom. The first-order valence-electron chi connectivity index (χ1n) is 14.7. The molecule has 13 heteroatoms. The molecule has 11 nitrogen and oxygen atoms in total. The van der Waals surface area contributed by atoms with Crippen molar-refractivity contribution in [3.63, 3.8) is 0 Å². The number of thiazole rings is 1. The number of benzene rings is 3. The largest absolute Gasteiger partial charge is 0.493 e. The fourth-order valence-electron chi connectivity index (χ4n) is 5.09. The molecule has 1 aromatic heterocycles. The summed E-state index contributed by atoms with van der Waals surface area (Å²) < 4.78 is 25.6. The quantitative estimate of drug-likeness (QED) is 0.0824. The van der Waals surface area contributed by atoms with E-state index in [-0.39, 0.29) is 30.6 Å². The summed E-state index contributed by atoms with van der Waals surface area (Å²) in [6.45, 7) is 7.72.